The van der Waals surface area contributed by atoms with Crippen molar-refractivity contribution in [3.05, 3.63) is 12.2 Å². The topological polar surface area (TPSA) is 86.6 Å². The number of imide groups is 1. The highest BCUT2D eigenvalue weighted by atomic mass is 35.5. The summed E-state index contributed by atoms with van der Waals surface area (Å²) in [5, 5.41) is 23.6. The van der Waals surface area contributed by atoms with E-state index < -0.39 is 24.0 Å². The van der Waals surface area contributed by atoms with E-state index in [4.69, 9.17) is 11.6 Å². The van der Waals surface area contributed by atoms with Crippen molar-refractivity contribution < 1.29 is 19.8 Å². The first-order chi connectivity index (χ1) is 12.0. The number of hydrogen-bond acceptors (Lipinski definition) is 4. The summed E-state index contributed by atoms with van der Waals surface area (Å²) in [6.45, 7) is 10.7. The molecule has 0 unspecified atom stereocenters. The highest BCUT2D eigenvalue weighted by molar-refractivity contribution is 6.20. The average molecular weight is 384 g/mol. The Kier molecular flexibility index (Phi) is 5.04. The maximum absolute atomic E-state index is 11.9. The molecule has 0 spiro atoms. The van der Waals surface area contributed by atoms with E-state index in [1.54, 1.807) is 0 Å². The number of carbonyl (C=O) groups is 2. The lowest BCUT2D eigenvalue weighted by atomic mass is 9.46. The molecule has 0 aromatic rings. The van der Waals surface area contributed by atoms with Crippen LogP contribution in [0.4, 0.5) is 0 Å². The number of amides is 2. The molecule has 2 aliphatic carbocycles. The van der Waals surface area contributed by atoms with Crippen LogP contribution in [0.3, 0.4) is 0 Å². The lowest BCUT2D eigenvalue weighted by Gasteiger charge is -2.60. The Morgan fingerprint density at radius 3 is 2.54 bits per heavy atom. The molecule has 3 fully saturated rings. The molecule has 3 N–H and O–H groups in total. The molecule has 7 atom stereocenters. The van der Waals surface area contributed by atoms with Crippen molar-refractivity contribution in [1.29, 1.82) is 0 Å². The van der Waals surface area contributed by atoms with Crippen molar-refractivity contribution in [3.8, 4) is 0 Å². The fourth-order valence-corrected chi connectivity index (χ4v) is 6.74. The summed E-state index contributed by atoms with van der Waals surface area (Å²) < 4.78 is 0. The van der Waals surface area contributed by atoms with Crippen LogP contribution in [-0.4, -0.2) is 39.6 Å². The lowest BCUT2D eigenvalue weighted by Crippen LogP contribution is -2.55. The van der Waals surface area contributed by atoms with E-state index in [9.17, 15) is 19.8 Å². The third-order valence-electron chi connectivity index (χ3n) is 7.23. The van der Waals surface area contributed by atoms with Crippen LogP contribution in [0.15, 0.2) is 12.2 Å². The second-order valence-corrected chi connectivity index (χ2v) is 10.1. The van der Waals surface area contributed by atoms with E-state index >= 15 is 0 Å². The Morgan fingerprint density at radius 2 is 1.96 bits per heavy atom. The lowest BCUT2D eigenvalue weighted by molar-refractivity contribution is -0.128. The summed E-state index contributed by atoms with van der Waals surface area (Å²) in [6.07, 6.45) is 1.12. The van der Waals surface area contributed by atoms with E-state index in [-0.39, 0.29) is 40.4 Å². The zero-order chi connectivity index (χ0) is 19.4. The molecule has 0 aromatic carbocycles. The molecule has 0 radical (unpaired) electrons. The number of aliphatic hydroxyl groups is 2. The van der Waals surface area contributed by atoms with Crippen LogP contribution in [0.2, 0.25) is 0 Å². The quantitative estimate of drug-likeness (QED) is 0.396. The molecule has 1 heterocycles. The zero-order valence-electron chi connectivity index (χ0n) is 15.8. The molecular formula is C20H30ClNO4. The van der Waals surface area contributed by atoms with Gasteiger partial charge in [-0.1, -0.05) is 27.4 Å². The van der Waals surface area contributed by atoms with Crippen LogP contribution in [-0.2, 0) is 9.59 Å². The van der Waals surface area contributed by atoms with Gasteiger partial charge in [0, 0.05) is 11.8 Å². The molecular weight excluding hydrogens is 354 g/mol. The number of hydrogen-bond donors (Lipinski definition) is 3. The molecule has 146 valence electrons. The molecule has 3 rings (SSSR count). The summed E-state index contributed by atoms with van der Waals surface area (Å²) in [7, 11) is 0. The largest absolute Gasteiger partial charge is 0.392 e. The number of nitrogens with one attached hydrogen (secondary N) is 1. The van der Waals surface area contributed by atoms with Crippen LogP contribution in [0, 0.1) is 28.6 Å². The van der Waals surface area contributed by atoms with E-state index in [0.717, 1.165) is 12.8 Å². The molecule has 2 amide bonds. The fourth-order valence-electron chi connectivity index (χ4n) is 6.01. The van der Waals surface area contributed by atoms with E-state index in [1.165, 1.54) is 0 Å². The minimum atomic E-state index is -0.940. The monoisotopic (exact) mass is 383 g/mol. The third kappa shape index (κ3) is 3.23. The van der Waals surface area contributed by atoms with Crippen molar-refractivity contribution >= 4 is 23.4 Å². The Labute approximate surface area is 160 Å². The molecule has 1 aliphatic heterocycles. The second-order valence-electron chi connectivity index (χ2n) is 9.46. The molecule has 0 aromatic heterocycles. The van der Waals surface area contributed by atoms with Gasteiger partial charge in [-0.3, -0.25) is 14.9 Å². The molecule has 0 bridgehead atoms. The Bertz CT molecular complexity index is 633. The van der Waals surface area contributed by atoms with Gasteiger partial charge in [0.2, 0.25) is 11.8 Å². The first-order valence-corrected chi connectivity index (χ1v) is 9.92. The minimum absolute atomic E-state index is 0.0194. The summed E-state index contributed by atoms with van der Waals surface area (Å²) in [6, 6.07) is 0. The third-order valence-corrected chi connectivity index (χ3v) is 7.53. The van der Waals surface area contributed by atoms with Crippen LogP contribution in [0.25, 0.3) is 0 Å². The molecule has 2 saturated carbocycles. The fraction of sp³-hybridized carbons (Fsp3) is 0.800. The van der Waals surface area contributed by atoms with Gasteiger partial charge in [-0.05, 0) is 53.9 Å². The Morgan fingerprint density at radius 1 is 1.31 bits per heavy atom. The van der Waals surface area contributed by atoms with Crippen LogP contribution in [0.1, 0.15) is 52.9 Å². The van der Waals surface area contributed by atoms with Gasteiger partial charge in [0.15, 0.2) is 0 Å². The van der Waals surface area contributed by atoms with Crippen molar-refractivity contribution in [3.63, 3.8) is 0 Å². The predicted octanol–water partition coefficient (Wildman–Crippen LogP) is 2.39. The number of fused-ring (bicyclic) bond motifs is 1. The maximum atomic E-state index is 11.9. The molecule has 1 saturated heterocycles. The van der Waals surface area contributed by atoms with Gasteiger partial charge in [-0.2, -0.15) is 0 Å². The second kappa shape index (κ2) is 6.61. The zero-order valence-corrected chi connectivity index (χ0v) is 16.6. The number of aliphatic hydroxyl groups excluding tert-OH is 2. The normalized spacial score (nSPS) is 43.8. The van der Waals surface area contributed by atoms with Gasteiger partial charge >= 0.3 is 0 Å². The number of alkyl halides is 1. The van der Waals surface area contributed by atoms with Gasteiger partial charge in [0.25, 0.3) is 0 Å². The smallest absolute Gasteiger partial charge is 0.232 e. The summed E-state index contributed by atoms with van der Waals surface area (Å²) in [5.74, 6) is -1.37. The molecule has 3 aliphatic rings. The Hall–Kier alpha value is -0.910. The van der Waals surface area contributed by atoms with E-state index in [2.05, 4.69) is 32.7 Å². The van der Waals surface area contributed by atoms with Crippen LogP contribution < -0.4 is 5.32 Å². The minimum Gasteiger partial charge on any atom is -0.392 e. The predicted molar refractivity (Wildman–Crippen MR) is 99.4 cm³/mol. The number of carbonyl (C=O) groups excluding carboxylic acids is 2. The first kappa shape index (κ1) is 19.8. The summed E-state index contributed by atoms with van der Waals surface area (Å²) in [5.41, 5.74) is 0.490. The van der Waals surface area contributed by atoms with Crippen molar-refractivity contribution in [1.82, 2.24) is 5.32 Å². The first-order valence-electron chi connectivity index (χ1n) is 9.48. The van der Waals surface area contributed by atoms with Gasteiger partial charge < -0.3 is 10.2 Å². The van der Waals surface area contributed by atoms with E-state index in [1.807, 2.05) is 0 Å². The van der Waals surface area contributed by atoms with Gasteiger partial charge in [-0.25, -0.2) is 0 Å². The Balaban J connectivity index is 1.89. The standard InChI is InChI=1S/C20H30ClNO4/c1-10-13(6-15(24)12-5-17(25)22-18(12)26)20(4)9-11(21)8-19(2,3)16(20)7-14(10)23/h11-16,23-24H,1,5-9H2,2-4H3,(H,22,25,26)/t11-,12+,13-,14-,15-,16-,20+/m0/s1. The molecule has 6 heteroatoms. The van der Waals surface area contributed by atoms with Gasteiger partial charge in [0.1, 0.15) is 0 Å². The maximum Gasteiger partial charge on any atom is 0.232 e. The number of halogens is 1. The van der Waals surface area contributed by atoms with Crippen molar-refractivity contribution in [2.75, 3.05) is 0 Å². The van der Waals surface area contributed by atoms with Crippen molar-refractivity contribution in [2.24, 2.45) is 28.6 Å². The average Bonchev–Trinajstić information content (AvgIpc) is 2.84. The van der Waals surface area contributed by atoms with Gasteiger partial charge in [0.05, 0.1) is 18.1 Å². The van der Waals surface area contributed by atoms with Crippen LogP contribution >= 0.6 is 11.6 Å². The van der Waals surface area contributed by atoms with E-state index in [0.29, 0.717) is 18.4 Å². The molecule has 26 heavy (non-hydrogen) atoms. The van der Waals surface area contributed by atoms with Crippen molar-refractivity contribution in [2.45, 2.75) is 70.5 Å². The SMILES string of the molecule is C=C1[C@@H](O)C[C@H]2C(C)(C)C[C@H](Cl)C[C@]2(C)[C@H]1C[C@H](O)[C@H]1CC(=O)NC1=O. The number of rotatable bonds is 3. The summed E-state index contributed by atoms with van der Waals surface area (Å²) >= 11 is 6.60. The van der Waals surface area contributed by atoms with Gasteiger partial charge in [-0.15, -0.1) is 11.6 Å². The molecule has 5 nitrogen and oxygen atoms in total. The highest BCUT2D eigenvalue weighted by Gasteiger charge is 2.57. The highest BCUT2D eigenvalue weighted by Crippen LogP contribution is 2.62. The summed E-state index contributed by atoms with van der Waals surface area (Å²) in [4.78, 5) is 23.4. The van der Waals surface area contributed by atoms with Crippen LogP contribution in [0.5, 0.6) is 0 Å².